The largest absolute Gasteiger partial charge is 2.00 e. The standard InChI is InChI=1S/C23H20N3O.C5H5.Fe/c1-27-19-10-12-20-17(14-19)9-11-21-22(20)25-26(15-18-8-4-5-13-24-18)23(21)16-6-2-3-7-16;1-2-4-5-3-1;/h2-8,10,12-14H,9,11,15H2,1H3;1-5H;/q2*-1;+2. The molecule has 1 aliphatic rings. The number of ether oxygens (including phenoxy) is 1. The maximum Gasteiger partial charge on any atom is 2.00 e. The third-order valence-electron chi connectivity index (χ3n) is 5.79. The molecule has 0 aliphatic heterocycles. The fraction of sp³-hybridized carbons (Fsp3) is 0.143. The van der Waals surface area contributed by atoms with E-state index in [1.165, 1.54) is 27.9 Å². The normalized spacial score (nSPS) is 11.4. The molecule has 5 aromatic rings. The summed E-state index contributed by atoms with van der Waals surface area (Å²) in [5.74, 6) is 0.904. The van der Waals surface area contributed by atoms with E-state index in [2.05, 4.69) is 46.1 Å². The first-order chi connectivity index (χ1) is 15.8. The molecule has 3 aromatic carbocycles. The molecule has 6 rings (SSSR count). The van der Waals surface area contributed by atoms with Gasteiger partial charge in [0.25, 0.3) is 0 Å². The van der Waals surface area contributed by atoms with E-state index in [0.717, 1.165) is 30.0 Å². The summed E-state index contributed by atoms with van der Waals surface area (Å²) < 4.78 is 7.51. The number of aromatic nitrogens is 3. The van der Waals surface area contributed by atoms with Gasteiger partial charge in [0.05, 0.1) is 25.0 Å². The molecule has 2 aromatic heterocycles. The van der Waals surface area contributed by atoms with E-state index in [0.29, 0.717) is 6.54 Å². The van der Waals surface area contributed by atoms with Crippen LogP contribution in [0.2, 0.25) is 0 Å². The van der Waals surface area contributed by atoms with Crippen LogP contribution >= 0.6 is 0 Å². The van der Waals surface area contributed by atoms with Crippen molar-refractivity contribution in [2.45, 2.75) is 19.4 Å². The Morgan fingerprint density at radius 1 is 0.970 bits per heavy atom. The van der Waals surface area contributed by atoms with Crippen molar-refractivity contribution in [2.24, 2.45) is 0 Å². The van der Waals surface area contributed by atoms with Crippen molar-refractivity contribution in [1.82, 2.24) is 14.8 Å². The van der Waals surface area contributed by atoms with Crippen LogP contribution in [0.25, 0.3) is 22.5 Å². The molecule has 0 fully saturated rings. The maximum atomic E-state index is 5.40. The van der Waals surface area contributed by atoms with E-state index in [4.69, 9.17) is 9.84 Å². The Bertz CT molecular complexity index is 1260. The molecular weight excluding hydrogens is 450 g/mol. The fourth-order valence-corrected chi connectivity index (χ4v) is 4.28. The molecule has 5 heteroatoms. The minimum absolute atomic E-state index is 0. The Labute approximate surface area is 205 Å². The average Bonchev–Trinajstić information content (AvgIpc) is 3.62. The molecule has 0 amide bonds. The Balaban J connectivity index is 0.000000385. The third-order valence-corrected chi connectivity index (χ3v) is 5.79. The van der Waals surface area contributed by atoms with Crippen molar-refractivity contribution in [3.05, 3.63) is 114 Å². The summed E-state index contributed by atoms with van der Waals surface area (Å²) in [6, 6.07) is 30.8. The van der Waals surface area contributed by atoms with E-state index in [1.54, 1.807) is 7.11 Å². The molecule has 0 N–H and O–H groups in total. The van der Waals surface area contributed by atoms with Gasteiger partial charge in [-0.2, -0.15) is 41.5 Å². The van der Waals surface area contributed by atoms with Gasteiger partial charge in [0, 0.05) is 11.8 Å². The minimum atomic E-state index is 0. The molecule has 0 radical (unpaired) electrons. The molecule has 2 heterocycles. The molecule has 0 saturated carbocycles. The van der Waals surface area contributed by atoms with E-state index >= 15 is 0 Å². The van der Waals surface area contributed by atoms with E-state index < -0.39 is 0 Å². The van der Waals surface area contributed by atoms with Gasteiger partial charge in [0.15, 0.2) is 0 Å². The second kappa shape index (κ2) is 10.5. The zero-order valence-corrected chi connectivity index (χ0v) is 19.6. The number of hydrogen-bond acceptors (Lipinski definition) is 3. The predicted molar refractivity (Wildman–Crippen MR) is 128 cm³/mol. The van der Waals surface area contributed by atoms with Crippen LogP contribution in [-0.2, 0) is 36.5 Å². The summed E-state index contributed by atoms with van der Waals surface area (Å²) in [5.41, 5.74) is 8.38. The number of aryl methyl sites for hydroxylation is 1. The smallest absolute Gasteiger partial charge is 0.497 e. The van der Waals surface area contributed by atoms with Crippen molar-refractivity contribution < 1.29 is 21.8 Å². The van der Waals surface area contributed by atoms with Crippen molar-refractivity contribution in [3.63, 3.8) is 0 Å². The van der Waals surface area contributed by atoms with E-state index in [-0.39, 0.29) is 17.1 Å². The van der Waals surface area contributed by atoms with Crippen LogP contribution in [0.5, 0.6) is 5.75 Å². The van der Waals surface area contributed by atoms with E-state index in [1.807, 2.05) is 60.8 Å². The number of pyridine rings is 1. The van der Waals surface area contributed by atoms with Crippen LogP contribution in [-0.4, -0.2) is 21.9 Å². The van der Waals surface area contributed by atoms with Gasteiger partial charge in [0.1, 0.15) is 5.75 Å². The van der Waals surface area contributed by atoms with Crippen molar-refractivity contribution in [1.29, 1.82) is 0 Å². The Kier molecular flexibility index (Phi) is 7.23. The molecule has 0 saturated heterocycles. The van der Waals surface area contributed by atoms with Gasteiger partial charge in [-0.1, -0.05) is 6.07 Å². The van der Waals surface area contributed by atoms with Crippen molar-refractivity contribution in [2.75, 3.05) is 7.11 Å². The van der Waals surface area contributed by atoms with Crippen LogP contribution < -0.4 is 4.74 Å². The zero-order valence-electron chi connectivity index (χ0n) is 18.5. The van der Waals surface area contributed by atoms with Gasteiger partial charge in [-0.25, -0.2) is 12.1 Å². The third kappa shape index (κ3) is 4.85. The molecular formula is C28H25FeN3O. The summed E-state index contributed by atoms with van der Waals surface area (Å²) >= 11 is 0. The number of fused-ring (bicyclic) bond motifs is 3. The Morgan fingerprint density at radius 2 is 1.85 bits per heavy atom. The first kappa shape index (κ1) is 22.8. The van der Waals surface area contributed by atoms with E-state index in [9.17, 15) is 0 Å². The second-order valence-corrected chi connectivity index (χ2v) is 7.81. The van der Waals surface area contributed by atoms with Gasteiger partial charge in [-0.15, -0.1) is 11.6 Å². The average molecular weight is 475 g/mol. The molecule has 166 valence electrons. The number of benzene rings is 1. The minimum Gasteiger partial charge on any atom is -0.497 e. The predicted octanol–water partition coefficient (Wildman–Crippen LogP) is 5.89. The van der Waals surface area contributed by atoms with Crippen LogP contribution in [0.3, 0.4) is 0 Å². The summed E-state index contributed by atoms with van der Waals surface area (Å²) in [4.78, 5) is 4.49. The molecule has 1 aliphatic carbocycles. The molecule has 0 bridgehead atoms. The first-order valence-corrected chi connectivity index (χ1v) is 10.9. The van der Waals surface area contributed by atoms with Crippen molar-refractivity contribution in [3.8, 4) is 28.3 Å². The summed E-state index contributed by atoms with van der Waals surface area (Å²) in [5, 5.41) is 5.03. The SMILES string of the molecule is COc1ccc2c(c1)CCc1c-2nn(Cc2ccccn2)c1-c1ccc[cH-]1.[Fe+2].c1cc[cH-]c1. The van der Waals surface area contributed by atoms with Crippen LogP contribution in [0.4, 0.5) is 0 Å². The fourth-order valence-electron chi connectivity index (χ4n) is 4.28. The summed E-state index contributed by atoms with van der Waals surface area (Å²) in [6.45, 7) is 0.667. The van der Waals surface area contributed by atoms with Crippen LogP contribution in [0.1, 0.15) is 16.8 Å². The molecule has 33 heavy (non-hydrogen) atoms. The van der Waals surface area contributed by atoms with Gasteiger partial charge in [0.2, 0.25) is 0 Å². The monoisotopic (exact) mass is 475 g/mol. The quantitative estimate of drug-likeness (QED) is 0.241. The van der Waals surface area contributed by atoms with Gasteiger partial charge in [-0.05, 0) is 60.0 Å². The molecule has 0 spiro atoms. The number of rotatable bonds is 4. The second-order valence-electron chi connectivity index (χ2n) is 7.81. The summed E-state index contributed by atoms with van der Waals surface area (Å²) in [7, 11) is 1.71. The molecule has 0 atom stereocenters. The number of methoxy groups -OCH3 is 1. The van der Waals surface area contributed by atoms with Gasteiger partial charge >= 0.3 is 17.1 Å². The Morgan fingerprint density at radius 3 is 2.52 bits per heavy atom. The van der Waals surface area contributed by atoms with Gasteiger partial charge < -0.3 is 4.74 Å². The topological polar surface area (TPSA) is 39.9 Å². The molecule has 4 nitrogen and oxygen atoms in total. The number of hydrogen-bond donors (Lipinski definition) is 0. The van der Waals surface area contributed by atoms with Gasteiger partial charge in [-0.3, -0.25) is 9.67 Å². The summed E-state index contributed by atoms with van der Waals surface area (Å²) in [6.07, 6.45) is 3.82. The van der Waals surface area contributed by atoms with Crippen LogP contribution in [0.15, 0.2) is 97.2 Å². The Hall–Kier alpha value is -3.40. The number of nitrogens with zero attached hydrogens (tertiary/aromatic N) is 3. The van der Waals surface area contributed by atoms with Crippen molar-refractivity contribution >= 4 is 0 Å². The van der Waals surface area contributed by atoms with Crippen LogP contribution in [0, 0.1) is 0 Å². The maximum absolute atomic E-state index is 5.40. The zero-order chi connectivity index (χ0) is 21.8. The molecule has 0 unspecified atom stereocenters. The first-order valence-electron chi connectivity index (χ1n) is 10.9.